The maximum atomic E-state index is 13.2. The minimum Gasteiger partial charge on any atom is -0.265 e. The molecule has 4 aromatic heterocycles. The molecular weight excluding hydrogens is 493 g/mol. The average Bonchev–Trinajstić information content (AvgIpc) is 3.19. The van der Waals surface area contributed by atoms with Gasteiger partial charge in [0.1, 0.15) is 17.5 Å². The van der Waals surface area contributed by atoms with Crippen LogP contribution in [-0.2, 0) is 12.7 Å². The van der Waals surface area contributed by atoms with Crippen LogP contribution in [0.3, 0.4) is 0 Å². The molecule has 1 aromatic carbocycles. The second kappa shape index (κ2) is 8.94. The number of alkyl halides is 3. The zero-order valence-corrected chi connectivity index (χ0v) is 19.0. The van der Waals surface area contributed by atoms with E-state index in [4.69, 9.17) is 11.6 Å². The number of halogens is 4. The van der Waals surface area contributed by atoms with Crippen LogP contribution >= 0.6 is 11.6 Å². The summed E-state index contributed by atoms with van der Waals surface area (Å²) >= 11 is 6.05. The topological polar surface area (TPSA) is 88.9 Å². The fourth-order valence-electron chi connectivity index (χ4n) is 3.89. The van der Waals surface area contributed by atoms with Gasteiger partial charge in [0, 0.05) is 34.7 Å². The number of hydrogen-bond donors (Lipinski definition) is 0. The number of hydrogen-bond acceptors (Lipinski definition) is 5. The minimum atomic E-state index is -4.69. The molecule has 0 radical (unpaired) electrons. The zero-order valence-electron chi connectivity index (χ0n) is 18.2. The second-order valence-corrected chi connectivity index (χ2v) is 8.23. The van der Waals surface area contributed by atoms with Crippen molar-refractivity contribution in [1.29, 1.82) is 5.26 Å². The average molecular weight is 507 g/mol. The first-order valence-corrected chi connectivity index (χ1v) is 10.9. The molecule has 7 nitrogen and oxygen atoms in total. The molecule has 11 heteroatoms. The molecule has 0 aliphatic rings. The highest BCUT2D eigenvalue weighted by atomic mass is 35.5. The Morgan fingerprint density at radius 1 is 0.972 bits per heavy atom. The van der Waals surface area contributed by atoms with Crippen molar-refractivity contribution in [3.05, 3.63) is 106 Å². The van der Waals surface area contributed by atoms with Crippen molar-refractivity contribution in [3.8, 4) is 28.3 Å². The summed E-state index contributed by atoms with van der Waals surface area (Å²) in [7, 11) is 0. The van der Waals surface area contributed by atoms with E-state index < -0.39 is 23.3 Å². The molecule has 4 heterocycles. The van der Waals surface area contributed by atoms with E-state index in [-0.39, 0.29) is 12.1 Å². The summed E-state index contributed by atoms with van der Waals surface area (Å²) in [5, 5.41) is 14.4. The molecule has 0 bridgehead atoms. The monoisotopic (exact) mass is 506 g/mol. The van der Waals surface area contributed by atoms with Crippen molar-refractivity contribution in [1.82, 2.24) is 24.1 Å². The summed E-state index contributed by atoms with van der Waals surface area (Å²) in [5.41, 5.74) is 1.38. The van der Waals surface area contributed by atoms with Crippen LogP contribution in [0.5, 0.6) is 0 Å². The van der Waals surface area contributed by atoms with Gasteiger partial charge < -0.3 is 0 Å². The van der Waals surface area contributed by atoms with Crippen LogP contribution in [0.2, 0.25) is 5.02 Å². The first kappa shape index (κ1) is 23.3. The molecule has 0 spiro atoms. The Morgan fingerprint density at radius 3 is 2.36 bits per heavy atom. The number of pyridine rings is 3. The predicted molar refractivity (Wildman–Crippen MR) is 126 cm³/mol. The number of aromatic nitrogens is 5. The highest BCUT2D eigenvalue weighted by molar-refractivity contribution is 6.30. The largest absolute Gasteiger partial charge is 0.433 e. The van der Waals surface area contributed by atoms with Gasteiger partial charge in [0.25, 0.3) is 0 Å². The number of benzene rings is 1. The Balaban J connectivity index is 1.68. The summed E-state index contributed by atoms with van der Waals surface area (Å²) in [6, 6.07) is 16.1. The van der Waals surface area contributed by atoms with E-state index in [0.29, 0.717) is 16.2 Å². The van der Waals surface area contributed by atoms with Crippen molar-refractivity contribution < 1.29 is 13.2 Å². The van der Waals surface area contributed by atoms with Gasteiger partial charge in [0.2, 0.25) is 0 Å². The maximum absolute atomic E-state index is 13.2. The lowest BCUT2D eigenvalue weighted by atomic mass is 9.96. The fourth-order valence-corrected chi connectivity index (χ4v) is 4.01. The van der Waals surface area contributed by atoms with E-state index >= 15 is 0 Å². The molecule has 0 fully saturated rings. The summed E-state index contributed by atoms with van der Waals surface area (Å²) in [4.78, 5) is 20.7. The Bertz CT molecular complexity index is 1690. The Morgan fingerprint density at radius 2 is 1.69 bits per heavy atom. The van der Waals surface area contributed by atoms with E-state index in [1.807, 2.05) is 12.1 Å². The van der Waals surface area contributed by atoms with Crippen LogP contribution in [0.25, 0.3) is 27.9 Å². The van der Waals surface area contributed by atoms with Gasteiger partial charge in [0.05, 0.1) is 6.54 Å². The molecule has 0 N–H and O–H groups in total. The van der Waals surface area contributed by atoms with Crippen LogP contribution in [0.1, 0.15) is 17.0 Å². The zero-order chi connectivity index (χ0) is 25.4. The van der Waals surface area contributed by atoms with Gasteiger partial charge >= 0.3 is 11.9 Å². The summed E-state index contributed by atoms with van der Waals surface area (Å²) in [5.74, 6) is 0. The highest BCUT2D eigenvalue weighted by Gasteiger charge is 2.33. The SMILES string of the molecule is N#Cc1nc(C(F)(F)F)ccc1Cn1nc2c(-c3ccncc3)c(-c3ccc(Cl)cc3)ccn2c1=O. The van der Waals surface area contributed by atoms with E-state index in [9.17, 15) is 23.2 Å². The number of nitrogens with zero attached hydrogens (tertiary/aromatic N) is 6. The third-order valence-electron chi connectivity index (χ3n) is 5.57. The molecular formula is C25H14ClF3N6O. The van der Waals surface area contributed by atoms with E-state index in [0.717, 1.165) is 33.5 Å². The van der Waals surface area contributed by atoms with Crippen molar-refractivity contribution in [2.75, 3.05) is 0 Å². The number of rotatable bonds is 4. The van der Waals surface area contributed by atoms with Gasteiger partial charge in [-0.25, -0.2) is 18.9 Å². The van der Waals surface area contributed by atoms with Crippen LogP contribution in [0.15, 0.2) is 78.0 Å². The van der Waals surface area contributed by atoms with Crippen molar-refractivity contribution in [2.45, 2.75) is 12.7 Å². The van der Waals surface area contributed by atoms with Gasteiger partial charge in [-0.3, -0.25) is 4.98 Å². The predicted octanol–water partition coefficient (Wildman–Crippen LogP) is 5.21. The lowest BCUT2D eigenvalue weighted by Crippen LogP contribution is -2.22. The molecule has 0 unspecified atom stereocenters. The number of fused-ring (bicyclic) bond motifs is 1. The summed E-state index contributed by atoms with van der Waals surface area (Å²) in [6.45, 7) is -0.236. The highest BCUT2D eigenvalue weighted by Crippen LogP contribution is 2.35. The Kier molecular flexibility index (Phi) is 5.78. The smallest absolute Gasteiger partial charge is 0.265 e. The van der Waals surface area contributed by atoms with Crippen molar-refractivity contribution in [3.63, 3.8) is 0 Å². The normalized spacial score (nSPS) is 11.5. The standard InChI is InChI=1S/C25H14ClF3N6O/c26-18-4-1-15(2-5-18)19-9-12-34-23(22(19)16-7-10-31-11-8-16)33-35(24(34)36)14-17-3-6-21(25(27,28)29)32-20(17)13-30/h1-12H,14H2. The van der Waals surface area contributed by atoms with Crippen LogP contribution in [0.4, 0.5) is 13.2 Å². The first-order valence-electron chi connectivity index (χ1n) is 10.5. The van der Waals surface area contributed by atoms with Crippen molar-refractivity contribution in [2.24, 2.45) is 0 Å². The quantitative estimate of drug-likeness (QED) is 0.334. The molecule has 5 aromatic rings. The number of nitriles is 1. The van der Waals surface area contributed by atoms with Crippen LogP contribution in [0, 0.1) is 11.3 Å². The molecule has 0 saturated carbocycles. The fraction of sp³-hybridized carbons (Fsp3) is 0.0800. The van der Waals surface area contributed by atoms with Gasteiger partial charge in [-0.2, -0.15) is 18.4 Å². The van der Waals surface area contributed by atoms with Crippen LogP contribution in [-0.4, -0.2) is 24.1 Å². The van der Waals surface area contributed by atoms with Gasteiger partial charge in [-0.15, -0.1) is 5.10 Å². The van der Waals surface area contributed by atoms with E-state index in [2.05, 4.69) is 15.1 Å². The third kappa shape index (κ3) is 4.21. The molecule has 0 amide bonds. The third-order valence-corrected chi connectivity index (χ3v) is 5.83. The molecule has 0 atom stereocenters. The molecule has 0 aliphatic heterocycles. The van der Waals surface area contributed by atoms with E-state index in [1.54, 1.807) is 55.0 Å². The summed E-state index contributed by atoms with van der Waals surface area (Å²) < 4.78 is 41.5. The lowest BCUT2D eigenvalue weighted by Gasteiger charge is -2.11. The maximum Gasteiger partial charge on any atom is 0.433 e. The van der Waals surface area contributed by atoms with Gasteiger partial charge in [0.15, 0.2) is 5.65 Å². The molecule has 0 saturated heterocycles. The molecule has 178 valence electrons. The van der Waals surface area contributed by atoms with Gasteiger partial charge in [-0.05, 0) is 53.1 Å². The van der Waals surface area contributed by atoms with Crippen molar-refractivity contribution >= 4 is 17.2 Å². The lowest BCUT2D eigenvalue weighted by molar-refractivity contribution is -0.141. The van der Waals surface area contributed by atoms with Crippen LogP contribution < -0.4 is 5.69 Å². The molecule has 36 heavy (non-hydrogen) atoms. The van der Waals surface area contributed by atoms with Gasteiger partial charge in [-0.1, -0.05) is 29.8 Å². The second-order valence-electron chi connectivity index (χ2n) is 7.79. The molecule has 5 rings (SSSR count). The Hall–Kier alpha value is -4.49. The van der Waals surface area contributed by atoms with E-state index in [1.165, 1.54) is 4.40 Å². The first-order chi connectivity index (χ1) is 17.3. The molecule has 0 aliphatic carbocycles. The summed E-state index contributed by atoms with van der Waals surface area (Å²) in [6.07, 6.45) is 0.118. The Labute approximate surface area is 206 Å². The minimum absolute atomic E-state index is 0.138.